The highest BCUT2D eigenvalue weighted by Gasteiger charge is 2.26. The average molecular weight is 286 g/mol. The maximum Gasteiger partial charge on any atom is 0.318 e. The molecule has 0 fully saturated rings. The van der Waals surface area contributed by atoms with Crippen LogP contribution in [0, 0.1) is 6.92 Å². The van der Waals surface area contributed by atoms with Crippen molar-refractivity contribution in [3.8, 4) is 0 Å². The molecule has 6 nitrogen and oxygen atoms in total. The number of carbonyl (C=O) groups is 1. The number of hydrogen-bond acceptors (Lipinski definition) is 3. The van der Waals surface area contributed by atoms with E-state index in [9.17, 15) is 13.2 Å². The second-order valence-electron chi connectivity index (χ2n) is 4.44. The van der Waals surface area contributed by atoms with E-state index in [-0.39, 0.29) is 6.54 Å². The zero-order valence-corrected chi connectivity index (χ0v) is 12.0. The quantitative estimate of drug-likeness (QED) is 0.834. The molecule has 0 aromatic heterocycles. The van der Waals surface area contributed by atoms with Crippen molar-refractivity contribution in [3.05, 3.63) is 35.4 Å². The first-order valence-electron chi connectivity index (χ1n) is 5.68. The summed E-state index contributed by atoms with van der Waals surface area (Å²) in [6.07, 6.45) is 0. The fourth-order valence-electron chi connectivity index (χ4n) is 1.50. The number of aliphatic carboxylic acids is 1. The van der Waals surface area contributed by atoms with Crippen molar-refractivity contribution >= 4 is 16.2 Å². The van der Waals surface area contributed by atoms with Gasteiger partial charge in [-0.05, 0) is 12.5 Å². The first-order chi connectivity index (χ1) is 8.73. The molecule has 0 aliphatic rings. The van der Waals surface area contributed by atoms with E-state index in [1.54, 1.807) is 12.1 Å². The van der Waals surface area contributed by atoms with Crippen molar-refractivity contribution in [2.75, 3.05) is 20.6 Å². The molecule has 1 N–H and O–H groups in total. The topological polar surface area (TPSA) is 77.9 Å². The number of hydrogen-bond donors (Lipinski definition) is 1. The molecule has 0 radical (unpaired) electrons. The molecule has 0 spiro atoms. The average Bonchev–Trinajstić information content (AvgIpc) is 2.30. The van der Waals surface area contributed by atoms with Crippen LogP contribution in [0.15, 0.2) is 24.3 Å². The van der Waals surface area contributed by atoms with Gasteiger partial charge in [0.15, 0.2) is 0 Å². The molecule has 7 heteroatoms. The SMILES string of the molecule is Cc1ccc(CN(CC(=O)O)S(=O)(=O)N(C)C)cc1. The number of aryl methyl sites for hydroxylation is 1. The maximum absolute atomic E-state index is 12.0. The molecule has 0 aliphatic heterocycles. The van der Waals surface area contributed by atoms with Gasteiger partial charge in [0, 0.05) is 20.6 Å². The molecule has 0 unspecified atom stereocenters. The van der Waals surface area contributed by atoms with Crippen molar-refractivity contribution in [2.45, 2.75) is 13.5 Å². The van der Waals surface area contributed by atoms with E-state index < -0.39 is 22.7 Å². The minimum atomic E-state index is -3.76. The predicted octanol–water partition coefficient (Wildman–Crippen LogP) is 0.688. The molecule has 0 amide bonds. The van der Waals surface area contributed by atoms with Gasteiger partial charge < -0.3 is 5.11 Å². The van der Waals surface area contributed by atoms with E-state index in [0.29, 0.717) is 0 Å². The van der Waals surface area contributed by atoms with Crippen molar-refractivity contribution in [3.63, 3.8) is 0 Å². The van der Waals surface area contributed by atoms with Crippen molar-refractivity contribution in [1.82, 2.24) is 8.61 Å². The highest BCUT2D eigenvalue weighted by molar-refractivity contribution is 7.86. The lowest BCUT2D eigenvalue weighted by molar-refractivity contribution is -0.137. The number of nitrogens with zero attached hydrogens (tertiary/aromatic N) is 2. The second kappa shape index (κ2) is 6.14. The lowest BCUT2D eigenvalue weighted by Gasteiger charge is -2.24. The third kappa shape index (κ3) is 4.30. The van der Waals surface area contributed by atoms with E-state index in [1.807, 2.05) is 19.1 Å². The molecular weight excluding hydrogens is 268 g/mol. The molecule has 0 aliphatic carbocycles. The van der Waals surface area contributed by atoms with E-state index in [2.05, 4.69) is 0 Å². The van der Waals surface area contributed by atoms with Crippen LogP contribution < -0.4 is 0 Å². The first kappa shape index (κ1) is 15.6. The number of rotatable bonds is 6. The van der Waals surface area contributed by atoms with Gasteiger partial charge in [-0.1, -0.05) is 29.8 Å². The smallest absolute Gasteiger partial charge is 0.318 e. The predicted molar refractivity (Wildman–Crippen MR) is 71.8 cm³/mol. The summed E-state index contributed by atoms with van der Waals surface area (Å²) >= 11 is 0. The molecule has 1 aromatic carbocycles. The standard InChI is InChI=1S/C12H18N2O4S/c1-10-4-6-11(7-5-10)8-14(9-12(15)16)19(17,18)13(2)3/h4-7H,8-9H2,1-3H3,(H,15,16). The summed E-state index contributed by atoms with van der Waals surface area (Å²) in [6.45, 7) is 1.40. The van der Waals surface area contributed by atoms with Crippen LogP contribution in [0.1, 0.15) is 11.1 Å². The van der Waals surface area contributed by atoms with Crippen LogP contribution in [-0.2, 0) is 21.5 Å². The van der Waals surface area contributed by atoms with Gasteiger partial charge in [-0.15, -0.1) is 0 Å². The Bertz CT molecular complexity index is 537. The van der Waals surface area contributed by atoms with E-state index in [0.717, 1.165) is 19.7 Å². The zero-order valence-electron chi connectivity index (χ0n) is 11.2. The molecule has 0 saturated heterocycles. The van der Waals surface area contributed by atoms with Crippen LogP contribution in [0.25, 0.3) is 0 Å². The Morgan fingerprint density at radius 2 is 1.74 bits per heavy atom. The molecule has 0 heterocycles. The summed E-state index contributed by atoms with van der Waals surface area (Å²) in [5, 5.41) is 8.83. The summed E-state index contributed by atoms with van der Waals surface area (Å²) in [4.78, 5) is 10.8. The van der Waals surface area contributed by atoms with Crippen LogP contribution in [0.2, 0.25) is 0 Å². The van der Waals surface area contributed by atoms with Gasteiger partial charge in [-0.2, -0.15) is 17.0 Å². The Balaban J connectivity index is 2.99. The van der Waals surface area contributed by atoms with Crippen molar-refractivity contribution in [1.29, 1.82) is 0 Å². The van der Waals surface area contributed by atoms with Crippen LogP contribution in [-0.4, -0.2) is 48.7 Å². The second-order valence-corrected chi connectivity index (χ2v) is 6.58. The maximum atomic E-state index is 12.0. The summed E-state index contributed by atoms with van der Waals surface area (Å²) in [6, 6.07) is 7.29. The summed E-state index contributed by atoms with van der Waals surface area (Å²) in [5.41, 5.74) is 1.81. The van der Waals surface area contributed by atoms with E-state index in [1.165, 1.54) is 14.1 Å². The van der Waals surface area contributed by atoms with Gasteiger partial charge in [0.1, 0.15) is 6.54 Å². The fraction of sp³-hybridized carbons (Fsp3) is 0.417. The highest BCUT2D eigenvalue weighted by Crippen LogP contribution is 2.12. The Morgan fingerprint density at radius 1 is 1.21 bits per heavy atom. The minimum Gasteiger partial charge on any atom is -0.480 e. The highest BCUT2D eigenvalue weighted by atomic mass is 32.2. The Labute approximate surface area is 113 Å². The van der Waals surface area contributed by atoms with Crippen LogP contribution in [0.3, 0.4) is 0 Å². The van der Waals surface area contributed by atoms with Gasteiger partial charge in [-0.25, -0.2) is 0 Å². The minimum absolute atomic E-state index is 0.0348. The van der Waals surface area contributed by atoms with Crippen LogP contribution >= 0.6 is 0 Å². The molecular formula is C12H18N2O4S. The number of carboxylic acid groups (broad SMARTS) is 1. The third-order valence-electron chi connectivity index (χ3n) is 2.58. The number of benzene rings is 1. The fourth-order valence-corrected chi connectivity index (χ4v) is 2.55. The molecule has 19 heavy (non-hydrogen) atoms. The van der Waals surface area contributed by atoms with Gasteiger partial charge in [0.25, 0.3) is 10.2 Å². The Hall–Kier alpha value is -1.44. The van der Waals surface area contributed by atoms with Gasteiger partial charge in [0.05, 0.1) is 0 Å². The zero-order chi connectivity index (χ0) is 14.6. The molecule has 0 atom stereocenters. The third-order valence-corrected chi connectivity index (χ3v) is 4.41. The number of carboxylic acids is 1. The van der Waals surface area contributed by atoms with Gasteiger partial charge >= 0.3 is 5.97 Å². The summed E-state index contributed by atoms with van der Waals surface area (Å²) < 4.78 is 26.0. The van der Waals surface area contributed by atoms with Gasteiger partial charge in [0.2, 0.25) is 0 Å². The molecule has 106 valence electrons. The summed E-state index contributed by atoms with van der Waals surface area (Å²) in [7, 11) is -1.01. The molecule has 1 aromatic rings. The van der Waals surface area contributed by atoms with E-state index >= 15 is 0 Å². The Kier molecular flexibility index (Phi) is 5.04. The molecule has 0 bridgehead atoms. The van der Waals surface area contributed by atoms with Gasteiger partial charge in [-0.3, -0.25) is 4.79 Å². The monoisotopic (exact) mass is 286 g/mol. The van der Waals surface area contributed by atoms with Crippen molar-refractivity contribution < 1.29 is 18.3 Å². The normalized spacial score (nSPS) is 12.1. The van der Waals surface area contributed by atoms with E-state index in [4.69, 9.17) is 5.11 Å². The molecule has 0 saturated carbocycles. The first-order valence-corrected chi connectivity index (χ1v) is 7.08. The van der Waals surface area contributed by atoms with Crippen molar-refractivity contribution in [2.24, 2.45) is 0 Å². The lowest BCUT2D eigenvalue weighted by Crippen LogP contribution is -2.42. The van der Waals surface area contributed by atoms with Crippen LogP contribution in [0.5, 0.6) is 0 Å². The van der Waals surface area contributed by atoms with Crippen LogP contribution in [0.4, 0.5) is 0 Å². The lowest BCUT2D eigenvalue weighted by atomic mass is 10.1. The summed E-state index contributed by atoms with van der Waals surface area (Å²) in [5.74, 6) is -1.18. The molecule has 1 rings (SSSR count). The largest absolute Gasteiger partial charge is 0.480 e. The Morgan fingerprint density at radius 3 is 2.16 bits per heavy atom.